The van der Waals surface area contributed by atoms with Crippen LogP contribution in [0.4, 0.5) is 4.79 Å². The number of hydrogen-bond donors (Lipinski definition) is 2. The molecule has 10 heteroatoms. The first-order chi connectivity index (χ1) is 14.4. The van der Waals surface area contributed by atoms with E-state index in [1.807, 2.05) is 6.92 Å². The number of hydrogen-bond acceptors (Lipinski definition) is 7. The van der Waals surface area contributed by atoms with E-state index in [1.165, 1.54) is 0 Å². The normalized spacial score (nSPS) is 17.7. The van der Waals surface area contributed by atoms with Gasteiger partial charge in [-0.1, -0.05) is 18.5 Å². The van der Waals surface area contributed by atoms with E-state index in [1.54, 1.807) is 19.1 Å². The maximum atomic E-state index is 12.4. The third-order valence-electron chi connectivity index (χ3n) is 4.53. The molecule has 2 aliphatic heterocycles. The number of carbonyl (C=O) groups excluding carboxylic acids is 3. The molecule has 2 heterocycles. The van der Waals surface area contributed by atoms with E-state index in [0.29, 0.717) is 41.7 Å². The monoisotopic (exact) mass is 438 g/mol. The van der Waals surface area contributed by atoms with Crippen LogP contribution in [0.1, 0.15) is 25.8 Å². The van der Waals surface area contributed by atoms with Gasteiger partial charge in [-0.25, -0.2) is 9.59 Å². The predicted octanol–water partition coefficient (Wildman–Crippen LogP) is 2.11. The van der Waals surface area contributed by atoms with Gasteiger partial charge in [-0.2, -0.15) is 0 Å². The highest BCUT2D eigenvalue weighted by Crippen LogP contribution is 2.38. The van der Waals surface area contributed by atoms with Crippen molar-refractivity contribution in [2.75, 3.05) is 26.4 Å². The fourth-order valence-electron chi connectivity index (χ4n) is 3.21. The Bertz CT molecular complexity index is 884. The molecule has 2 amide bonds. The molecule has 0 saturated carbocycles. The minimum atomic E-state index is -0.568. The Morgan fingerprint density at radius 1 is 1.20 bits per heavy atom. The average molecular weight is 439 g/mol. The highest BCUT2D eigenvalue weighted by atomic mass is 35.5. The Balaban J connectivity index is 1.71. The van der Waals surface area contributed by atoms with Crippen LogP contribution in [-0.2, 0) is 25.5 Å². The van der Waals surface area contributed by atoms with Crippen molar-refractivity contribution in [3.8, 4) is 11.5 Å². The van der Waals surface area contributed by atoms with Crippen molar-refractivity contribution in [2.24, 2.45) is 0 Å². The molecule has 1 aromatic rings. The fourth-order valence-corrected chi connectivity index (χ4v) is 3.50. The average Bonchev–Trinajstić information content (AvgIpc) is 2.71. The summed E-state index contributed by atoms with van der Waals surface area (Å²) in [6, 6.07) is 2.28. The highest BCUT2D eigenvalue weighted by Gasteiger charge is 2.32. The number of fused-ring (bicyclic) bond motifs is 1. The second-order valence-corrected chi connectivity index (χ2v) is 7.02. The lowest BCUT2D eigenvalue weighted by Crippen LogP contribution is -2.51. The van der Waals surface area contributed by atoms with E-state index in [4.69, 9.17) is 30.5 Å². The quantitative estimate of drug-likeness (QED) is 0.627. The van der Waals surface area contributed by atoms with Crippen LogP contribution in [0.25, 0.3) is 0 Å². The van der Waals surface area contributed by atoms with Crippen LogP contribution < -0.4 is 20.1 Å². The predicted molar refractivity (Wildman–Crippen MR) is 107 cm³/mol. The van der Waals surface area contributed by atoms with E-state index >= 15 is 0 Å². The maximum Gasteiger partial charge on any atom is 0.338 e. The number of esters is 2. The molecule has 1 aromatic carbocycles. The number of rotatable bonds is 7. The number of nitrogens with one attached hydrogen (secondary N) is 2. The minimum absolute atomic E-state index is 0.0677. The van der Waals surface area contributed by atoms with E-state index in [0.717, 1.165) is 0 Å². The molecular formula is C20H23ClN2O7. The molecule has 2 aliphatic rings. The number of halogens is 1. The summed E-state index contributed by atoms with van der Waals surface area (Å²) in [7, 11) is 0. The molecular weight excluding hydrogens is 416 g/mol. The smallest absolute Gasteiger partial charge is 0.338 e. The van der Waals surface area contributed by atoms with Gasteiger partial charge in [-0.15, -0.1) is 0 Å². The molecule has 0 fully saturated rings. The van der Waals surface area contributed by atoms with Crippen LogP contribution in [0, 0.1) is 0 Å². The molecule has 0 aromatic heterocycles. The molecule has 0 saturated heterocycles. The van der Waals surface area contributed by atoms with Crippen LogP contribution in [0.15, 0.2) is 23.4 Å². The summed E-state index contributed by atoms with van der Waals surface area (Å²) in [6.07, 6.45) is 0.413. The van der Waals surface area contributed by atoms with Gasteiger partial charge in [-0.05, 0) is 31.0 Å². The van der Waals surface area contributed by atoms with Crippen molar-refractivity contribution in [1.82, 2.24) is 10.6 Å². The van der Waals surface area contributed by atoms with Gasteiger partial charge in [0.2, 0.25) is 0 Å². The summed E-state index contributed by atoms with van der Waals surface area (Å²) < 4.78 is 21.3. The second kappa shape index (κ2) is 9.71. The van der Waals surface area contributed by atoms with Gasteiger partial charge in [0.1, 0.15) is 19.8 Å². The number of amides is 2. The van der Waals surface area contributed by atoms with Gasteiger partial charge in [0.25, 0.3) is 0 Å². The Kier molecular flexibility index (Phi) is 7.04. The lowest BCUT2D eigenvalue weighted by Gasteiger charge is -2.28. The molecule has 30 heavy (non-hydrogen) atoms. The summed E-state index contributed by atoms with van der Waals surface area (Å²) in [4.78, 5) is 36.6. The molecule has 3 rings (SSSR count). The number of ether oxygens (including phenoxy) is 4. The third-order valence-corrected chi connectivity index (χ3v) is 4.81. The Morgan fingerprint density at radius 3 is 2.70 bits per heavy atom. The van der Waals surface area contributed by atoms with E-state index < -0.39 is 24.0 Å². The van der Waals surface area contributed by atoms with Crippen molar-refractivity contribution in [1.29, 1.82) is 0 Å². The first-order valence-corrected chi connectivity index (χ1v) is 10.0. The van der Waals surface area contributed by atoms with Crippen LogP contribution in [0.3, 0.4) is 0 Å². The second-order valence-electron chi connectivity index (χ2n) is 6.61. The zero-order valence-corrected chi connectivity index (χ0v) is 17.5. The lowest BCUT2D eigenvalue weighted by molar-refractivity contribution is -0.143. The van der Waals surface area contributed by atoms with E-state index in [-0.39, 0.29) is 30.9 Å². The summed E-state index contributed by atoms with van der Waals surface area (Å²) in [6.45, 7) is 4.23. The van der Waals surface area contributed by atoms with Crippen molar-refractivity contribution >= 4 is 29.6 Å². The first kappa shape index (κ1) is 21.8. The summed E-state index contributed by atoms with van der Waals surface area (Å²) >= 11 is 6.19. The summed E-state index contributed by atoms with van der Waals surface area (Å²) in [5.74, 6) is -0.201. The van der Waals surface area contributed by atoms with E-state index in [9.17, 15) is 14.4 Å². The summed E-state index contributed by atoms with van der Waals surface area (Å²) in [5, 5.41) is 5.54. The van der Waals surface area contributed by atoms with Crippen LogP contribution in [0.2, 0.25) is 5.02 Å². The number of benzene rings is 1. The molecule has 9 nitrogen and oxygen atoms in total. The largest absolute Gasteiger partial charge is 0.486 e. The van der Waals surface area contributed by atoms with Gasteiger partial charge in [0.05, 0.1) is 35.4 Å². The molecule has 0 unspecified atom stereocenters. The first-order valence-electron chi connectivity index (χ1n) is 9.64. The van der Waals surface area contributed by atoms with Crippen LogP contribution in [-0.4, -0.2) is 50.4 Å². The van der Waals surface area contributed by atoms with Crippen LogP contribution in [0.5, 0.6) is 11.5 Å². The Morgan fingerprint density at radius 2 is 1.97 bits per heavy atom. The van der Waals surface area contributed by atoms with Crippen molar-refractivity contribution in [2.45, 2.75) is 32.7 Å². The zero-order chi connectivity index (χ0) is 21.7. The van der Waals surface area contributed by atoms with Gasteiger partial charge < -0.3 is 29.6 Å². The molecule has 0 spiro atoms. The maximum absolute atomic E-state index is 12.4. The molecule has 0 aliphatic carbocycles. The minimum Gasteiger partial charge on any atom is -0.486 e. The van der Waals surface area contributed by atoms with E-state index in [2.05, 4.69) is 10.6 Å². The van der Waals surface area contributed by atoms with Gasteiger partial charge in [0.15, 0.2) is 11.5 Å². The van der Waals surface area contributed by atoms with Crippen molar-refractivity contribution in [3.05, 3.63) is 34.0 Å². The fraction of sp³-hybridized carbons (Fsp3) is 0.450. The standard InChI is InChI=1S/C20H23ClN2O7/c1-3-13-17(19(25)27-4-2)14(23-20(26)22-13)10-30-16(24)9-11-7-12(21)18-15(8-11)28-5-6-29-18/h7-8,13H,3-6,9-10H2,1-2H3,(H2,22,23,26)/t13-/m1/s1. The topological polar surface area (TPSA) is 112 Å². The SMILES string of the molecule is CCOC(=O)C1=C(COC(=O)Cc2cc(Cl)c3c(c2)OCCO3)NC(=O)N[C@@H]1CC. The molecule has 0 radical (unpaired) electrons. The zero-order valence-electron chi connectivity index (χ0n) is 16.7. The third kappa shape index (κ3) is 4.96. The van der Waals surface area contributed by atoms with Crippen molar-refractivity contribution in [3.63, 3.8) is 0 Å². The Labute approximate surface area is 178 Å². The number of carbonyl (C=O) groups is 3. The van der Waals surface area contributed by atoms with Crippen LogP contribution >= 0.6 is 11.6 Å². The Hall–Kier alpha value is -2.94. The highest BCUT2D eigenvalue weighted by molar-refractivity contribution is 6.32. The van der Waals surface area contributed by atoms with Crippen molar-refractivity contribution < 1.29 is 33.3 Å². The van der Waals surface area contributed by atoms with Gasteiger partial charge in [0, 0.05) is 0 Å². The lowest BCUT2D eigenvalue weighted by atomic mass is 10.0. The molecule has 1 atom stereocenters. The van der Waals surface area contributed by atoms with Gasteiger partial charge >= 0.3 is 18.0 Å². The molecule has 2 N–H and O–H groups in total. The molecule has 0 bridgehead atoms. The number of urea groups is 1. The molecule has 162 valence electrons. The summed E-state index contributed by atoms with van der Waals surface area (Å²) in [5.41, 5.74) is 1.04. The van der Waals surface area contributed by atoms with Gasteiger partial charge in [-0.3, -0.25) is 4.79 Å².